The first-order chi connectivity index (χ1) is 10.9. The quantitative estimate of drug-likeness (QED) is 0.733. The average Bonchev–Trinajstić information content (AvgIpc) is 2.85. The lowest BCUT2D eigenvalue weighted by Gasteiger charge is -2.20. The SMILES string of the molecule is CCOC(=O)CS(=O)(=O)c1nnc([C@H](C)NC(=O)OC(C)(C)C)o1. The fourth-order valence-electron chi connectivity index (χ4n) is 1.49. The maximum Gasteiger partial charge on any atom is 0.408 e. The van der Waals surface area contributed by atoms with E-state index in [0.29, 0.717) is 0 Å². The van der Waals surface area contributed by atoms with Crippen LogP contribution in [-0.4, -0.2) is 48.6 Å². The standard InChI is InChI=1S/C13H21N3O7S/c1-6-21-9(17)7-24(19,20)12-16-15-10(22-12)8(2)14-11(18)23-13(3,4)5/h8H,6-7H2,1-5H3,(H,14,18)/t8-/m0/s1. The highest BCUT2D eigenvalue weighted by molar-refractivity contribution is 7.91. The third-order valence-corrected chi connectivity index (χ3v) is 3.72. The molecule has 1 aromatic heterocycles. The van der Waals surface area contributed by atoms with Crippen LogP contribution < -0.4 is 5.32 Å². The summed E-state index contributed by atoms with van der Waals surface area (Å²) >= 11 is 0. The summed E-state index contributed by atoms with van der Waals surface area (Å²) in [5.41, 5.74) is -0.688. The van der Waals surface area contributed by atoms with Crippen LogP contribution in [0.15, 0.2) is 9.64 Å². The molecule has 1 amide bonds. The number of amides is 1. The summed E-state index contributed by atoms with van der Waals surface area (Å²) in [6.45, 7) is 8.22. The fraction of sp³-hybridized carbons (Fsp3) is 0.692. The monoisotopic (exact) mass is 363 g/mol. The summed E-state index contributed by atoms with van der Waals surface area (Å²) in [7, 11) is -4.11. The van der Waals surface area contributed by atoms with Crippen molar-refractivity contribution in [3.05, 3.63) is 5.89 Å². The Hall–Kier alpha value is -2.17. The van der Waals surface area contributed by atoms with Crippen LogP contribution in [-0.2, 0) is 24.1 Å². The van der Waals surface area contributed by atoms with E-state index < -0.39 is 44.5 Å². The third-order valence-electron chi connectivity index (χ3n) is 2.41. The van der Waals surface area contributed by atoms with Gasteiger partial charge in [-0.15, -0.1) is 5.10 Å². The topological polar surface area (TPSA) is 138 Å². The first-order valence-electron chi connectivity index (χ1n) is 7.16. The molecule has 1 heterocycles. The van der Waals surface area contributed by atoms with Crippen LogP contribution >= 0.6 is 0 Å². The number of nitrogens with one attached hydrogen (secondary N) is 1. The second-order valence-electron chi connectivity index (χ2n) is 5.84. The molecule has 11 heteroatoms. The zero-order valence-corrected chi connectivity index (χ0v) is 15.0. The van der Waals surface area contributed by atoms with E-state index in [4.69, 9.17) is 9.15 Å². The summed E-state index contributed by atoms with van der Waals surface area (Å²) in [6, 6.07) is -0.779. The number of esters is 1. The molecule has 0 spiro atoms. The molecule has 0 unspecified atom stereocenters. The molecule has 0 aliphatic rings. The van der Waals surface area contributed by atoms with Gasteiger partial charge in [0, 0.05) is 0 Å². The van der Waals surface area contributed by atoms with Gasteiger partial charge < -0.3 is 19.2 Å². The zero-order chi connectivity index (χ0) is 18.5. The number of alkyl carbamates (subject to hydrolysis) is 1. The van der Waals surface area contributed by atoms with E-state index in [1.54, 1.807) is 27.7 Å². The Morgan fingerprint density at radius 3 is 2.46 bits per heavy atom. The van der Waals surface area contributed by atoms with Crippen molar-refractivity contribution in [2.75, 3.05) is 12.4 Å². The Kier molecular flexibility index (Phi) is 6.29. The predicted molar refractivity (Wildman–Crippen MR) is 80.8 cm³/mol. The fourth-order valence-corrected chi connectivity index (χ4v) is 2.38. The van der Waals surface area contributed by atoms with Crippen LogP contribution in [0.3, 0.4) is 0 Å². The lowest BCUT2D eigenvalue weighted by Crippen LogP contribution is -2.34. The van der Waals surface area contributed by atoms with Gasteiger partial charge in [0.05, 0.1) is 6.61 Å². The second-order valence-corrected chi connectivity index (χ2v) is 7.71. The van der Waals surface area contributed by atoms with E-state index in [9.17, 15) is 18.0 Å². The zero-order valence-electron chi connectivity index (χ0n) is 14.2. The van der Waals surface area contributed by atoms with Crippen molar-refractivity contribution in [3.8, 4) is 0 Å². The Morgan fingerprint density at radius 1 is 1.29 bits per heavy atom. The summed E-state index contributed by atoms with van der Waals surface area (Å²) in [6.07, 6.45) is -0.718. The second kappa shape index (κ2) is 7.60. The number of hydrogen-bond donors (Lipinski definition) is 1. The van der Waals surface area contributed by atoms with Gasteiger partial charge in [0.1, 0.15) is 11.6 Å². The molecular weight excluding hydrogens is 342 g/mol. The van der Waals surface area contributed by atoms with Crippen molar-refractivity contribution in [1.29, 1.82) is 0 Å². The summed E-state index contributed by atoms with van der Waals surface area (Å²) in [5, 5.41) is 8.68. The van der Waals surface area contributed by atoms with Crippen LogP contribution in [0.2, 0.25) is 0 Å². The Bertz CT molecular complexity index is 691. The molecule has 0 aliphatic heterocycles. The average molecular weight is 363 g/mol. The molecule has 0 fully saturated rings. The molecule has 136 valence electrons. The minimum absolute atomic E-state index is 0.0558. The number of sulfone groups is 1. The lowest BCUT2D eigenvalue weighted by atomic mass is 10.2. The Balaban J connectivity index is 2.77. The van der Waals surface area contributed by atoms with Crippen molar-refractivity contribution in [2.45, 2.75) is 51.5 Å². The normalized spacial score (nSPS) is 13.2. The summed E-state index contributed by atoms with van der Waals surface area (Å²) in [4.78, 5) is 22.9. The van der Waals surface area contributed by atoms with Crippen molar-refractivity contribution >= 4 is 21.9 Å². The number of aromatic nitrogens is 2. The lowest BCUT2D eigenvalue weighted by molar-refractivity contribution is -0.139. The maximum absolute atomic E-state index is 12.0. The number of rotatable bonds is 6. The van der Waals surface area contributed by atoms with Gasteiger partial charge in [-0.3, -0.25) is 4.79 Å². The molecule has 1 atom stereocenters. The van der Waals surface area contributed by atoms with Gasteiger partial charge in [0.15, 0.2) is 5.75 Å². The van der Waals surface area contributed by atoms with Crippen LogP contribution in [0, 0.1) is 0 Å². The highest BCUT2D eigenvalue weighted by atomic mass is 32.2. The third kappa shape index (κ3) is 6.14. The molecule has 1 aromatic rings. The van der Waals surface area contributed by atoms with Crippen LogP contribution in [0.5, 0.6) is 0 Å². The van der Waals surface area contributed by atoms with E-state index in [1.165, 1.54) is 6.92 Å². The van der Waals surface area contributed by atoms with E-state index in [-0.39, 0.29) is 12.5 Å². The van der Waals surface area contributed by atoms with E-state index in [1.807, 2.05) is 0 Å². The minimum Gasteiger partial charge on any atom is -0.465 e. The summed E-state index contributed by atoms with van der Waals surface area (Å²) < 4.78 is 38.6. The molecule has 0 saturated heterocycles. The smallest absolute Gasteiger partial charge is 0.408 e. The van der Waals surface area contributed by atoms with Gasteiger partial charge in [0.2, 0.25) is 15.7 Å². The van der Waals surface area contributed by atoms with Gasteiger partial charge in [-0.1, -0.05) is 5.10 Å². The van der Waals surface area contributed by atoms with Crippen LogP contribution in [0.1, 0.15) is 46.6 Å². The van der Waals surface area contributed by atoms with Gasteiger partial charge >= 0.3 is 17.3 Å². The van der Waals surface area contributed by atoms with Crippen LogP contribution in [0.4, 0.5) is 4.79 Å². The molecule has 0 aliphatic carbocycles. The number of hydrogen-bond acceptors (Lipinski definition) is 9. The van der Waals surface area contributed by atoms with E-state index >= 15 is 0 Å². The van der Waals surface area contributed by atoms with Crippen molar-refractivity contribution in [3.63, 3.8) is 0 Å². The molecule has 0 bridgehead atoms. The molecular formula is C13H21N3O7S. The number of carbonyl (C=O) groups excluding carboxylic acids is 2. The largest absolute Gasteiger partial charge is 0.465 e. The molecule has 0 aromatic carbocycles. The molecule has 0 radical (unpaired) electrons. The van der Waals surface area contributed by atoms with Gasteiger partial charge in [-0.2, -0.15) is 0 Å². The van der Waals surface area contributed by atoms with Gasteiger partial charge in [0.25, 0.3) is 0 Å². The predicted octanol–water partition coefficient (Wildman–Crippen LogP) is 0.992. The highest BCUT2D eigenvalue weighted by Gasteiger charge is 2.28. The van der Waals surface area contributed by atoms with Gasteiger partial charge in [-0.25, -0.2) is 13.2 Å². The van der Waals surface area contributed by atoms with E-state index in [0.717, 1.165) is 0 Å². The van der Waals surface area contributed by atoms with Crippen molar-refractivity contribution < 1.29 is 31.9 Å². The Morgan fingerprint density at radius 2 is 1.92 bits per heavy atom. The number of carbonyl (C=O) groups is 2. The molecule has 10 nitrogen and oxygen atoms in total. The maximum atomic E-state index is 12.0. The molecule has 1 rings (SSSR count). The first kappa shape index (κ1) is 19.9. The summed E-state index contributed by atoms with van der Waals surface area (Å²) in [5.74, 6) is -1.96. The van der Waals surface area contributed by atoms with Crippen molar-refractivity contribution in [2.24, 2.45) is 0 Å². The number of ether oxygens (including phenoxy) is 2. The Labute approximate surface area is 139 Å². The van der Waals surface area contributed by atoms with Crippen molar-refractivity contribution in [1.82, 2.24) is 15.5 Å². The minimum atomic E-state index is -4.11. The molecule has 24 heavy (non-hydrogen) atoms. The highest BCUT2D eigenvalue weighted by Crippen LogP contribution is 2.16. The van der Waals surface area contributed by atoms with Crippen LogP contribution in [0.25, 0.3) is 0 Å². The van der Waals surface area contributed by atoms with E-state index in [2.05, 4.69) is 20.3 Å². The number of nitrogens with zero attached hydrogens (tertiary/aromatic N) is 2. The molecule has 0 saturated carbocycles. The molecule has 1 N–H and O–H groups in total. The van der Waals surface area contributed by atoms with Gasteiger partial charge in [-0.05, 0) is 34.6 Å². The first-order valence-corrected chi connectivity index (χ1v) is 8.81.